The highest BCUT2D eigenvalue weighted by Gasteiger charge is 2.16. The van der Waals surface area contributed by atoms with Gasteiger partial charge in [0.2, 0.25) is 5.91 Å². The van der Waals surface area contributed by atoms with Gasteiger partial charge < -0.3 is 15.2 Å². The number of aromatic nitrogens is 2. The van der Waals surface area contributed by atoms with E-state index in [9.17, 15) is 4.79 Å². The smallest absolute Gasteiger partial charge is 0.224 e. The lowest BCUT2D eigenvalue weighted by Gasteiger charge is -2.10. The minimum absolute atomic E-state index is 0. The highest BCUT2D eigenvalue weighted by molar-refractivity contribution is 5.91. The molecule has 7 heteroatoms. The minimum Gasteiger partial charge on any atom is -0.327 e. The molecule has 0 bridgehead atoms. The molecule has 0 spiro atoms. The molecule has 1 saturated heterocycles. The van der Waals surface area contributed by atoms with Gasteiger partial charge in [0.25, 0.3) is 0 Å². The van der Waals surface area contributed by atoms with Gasteiger partial charge in [0.1, 0.15) is 5.82 Å². The Bertz CT molecular complexity index is 935. The summed E-state index contributed by atoms with van der Waals surface area (Å²) in [7, 11) is 2.02. The predicted molar refractivity (Wildman–Crippen MR) is 119 cm³/mol. The maximum absolute atomic E-state index is 12.3. The van der Waals surface area contributed by atoms with E-state index in [1.807, 2.05) is 49.5 Å². The van der Waals surface area contributed by atoms with Crippen LogP contribution in [0.1, 0.15) is 19.3 Å². The van der Waals surface area contributed by atoms with Crippen molar-refractivity contribution in [1.82, 2.24) is 14.9 Å². The fourth-order valence-electron chi connectivity index (χ4n) is 3.66. The maximum atomic E-state index is 12.3. The average Bonchev–Trinajstić information content (AvgIpc) is 3.29. The molecule has 1 unspecified atom stereocenters. The van der Waals surface area contributed by atoms with Crippen molar-refractivity contribution in [3.8, 4) is 11.4 Å². The summed E-state index contributed by atoms with van der Waals surface area (Å²) in [4.78, 5) is 17.0. The molecule has 1 aliphatic heterocycles. The Hall–Kier alpha value is -2.08. The van der Waals surface area contributed by atoms with Gasteiger partial charge in [0.15, 0.2) is 0 Å². The van der Waals surface area contributed by atoms with Crippen molar-refractivity contribution in [3.63, 3.8) is 0 Å². The van der Waals surface area contributed by atoms with Gasteiger partial charge in [-0.1, -0.05) is 24.3 Å². The van der Waals surface area contributed by atoms with Crippen LogP contribution in [-0.4, -0.2) is 28.5 Å². The third-order valence-corrected chi connectivity index (χ3v) is 5.13. The molecule has 150 valence electrons. The van der Waals surface area contributed by atoms with Crippen molar-refractivity contribution >= 4 is 47.4 Å². The van der Waals surface area contributed by atoms with Gasteiger partial charge in [0.05, 0.1) is 11.0 Å². The molecule has 0 radical (unpaired) electrons. The predicted octanol–water partition coefficient (Wildman–Crippen LogP) is 4.41. The number of para-hydroxylation sites is 2. The number of fused-ring (bicyclic) bond motifs is 1. The number of aryl methyl sites for hydroxylation is 1. The number of imidazole rings is 1. The van der Waals surface area contributed by atoms with Crippen LogP contribution in [0.5, 0.6) is 0 Å². The zero-order valence-electron chi connectivity index (χ0n) is 15.9. The van der Waals surface area contributed by atoms with Gasteiger partial charge in [0, 0.05) is 24.7 Å². The number of nitrogens with one attached hydrogen (secondary N) is 2. The molecule has 2 heterocycles. The molecule has 2 aromatic carbocycles. The fraction of sp³-hybridized carbons (Fsp3) is 0.333. The molecule has 1 atom stereocenters. The molecular weight excluding hydrogens is 395 g/mol. The second-order valence-electron chi connectivity index (χ2n) is 7.01. The highest BCUT2D eigenvalue weighted by Crippen LogP contribution is 2.25. The molecule has 3 aromatic rings. The SMILES string of the molecule is Cl.Cl.Cn1c(-c2cccc(NC(=O)CCC3CCNC3)c2)nc2ccccc21. The van der Waals surface area contributed by atoms with Crippen LogP contribution in [-0.2, 0) is 11.8 Å². The molecule has 1 aliphatic rings. The largest absolute Gasteiger partial charge is 0.327 e. The normalized spacial score (nSPS) is 15.7. The minimum atomic E-state index is 0. The van der Waals surface area contributed by atoms with Gasteiger partial charge in [-0.3, -0.25) is 4.79 Å². The number of nitrogens with zero attached hydrogens (tertiary/aromatic N) is 2. The van der Waals surface area contributed by atoms with Crippen LogP contribution in [0, 0.1) is 5.92 Å². The van der Waals surface area contributed by atoms with E-state index in [1.54, 1.807) is 0 Å². The quantitative estimate of drug-likeness (QED) is 0.642. The number of anilines is 1. The molecule has 0 saturated carbocycles. The van der Waals surface area contributed by atoms with Crippen molar-refractivity contribution in [2.45, 2.75) is 19.3 Å². The molecule has 1 amide bonds. The van der Waals surface area contributed by atoms with E-state index in [1.165, 1.54) is 6.42 Å². The summed E-state index contributed by atoms with van der Waals surface area (Å²) in [5, 5.41) is 6.38. The van der Waals surface area contributed by atoms with Crippen LogP contribution in [0.15, 0.2) is 48.5 Å². The Morgan fingerprint density at radius 2 is 2.04 bits per heavy atom. The van der Waals surface area contributed by atoms with Crippen molar-refractivity contribution in [3.05, 3.63) is 48.5 Å². The first-order valence-electron chi connectivity index (χ1n) is 9.23. The molecule has 1 aromatic heterocycles. The lowest BCUT2D eigenvalue weighted by molar-refractivity contribution is -0.116. The number of hydrogen-bond acceptors (Lipinski definition) is 3. The number of benzene rings is 2. The second kappa shape index (κ2) is 9.92. The van der Waals surface area contributed by atoms with Crippen LogP contribution in [0.25, 0.3) is 22.4 Å². The van der Waals surface area contributed by atoms with Crippen LogP contribution < -0.4 is 10.6 Å². The summed E-state index contributed by atoms with van der Waals surface area (Å²) >= 11 is 0. The third kappa shape index (κ3) is 4.85. The summed E-state index contributed by atoms with van der Waals surface area (Å²) in [6.45, 7) is 2.11. The Morgan fingerprint density at radius 3 is 2.79 bits per heavy atom. The van der Waals surface area contributed by atoms with Crippen molar-refractivity contribution in [1.29, 1.82) is 0 Å². The number of carbonyl (C=O) groups is 1. The Morgan fingerprint density at radius 1 is 1.21 bits per heavy atom. The Labute approximate surface area is 177 Å². The number of carbonyl (C=O) groups excluding carboxylic acids is 1. The number of hydrogen-bond donors (Lipinski definition) is 2. The zero-order chi connectivity index (χ0) is 17.9. The van der Waals surface area contributed by atoms with E-state index in [-0.39, 0.29) is 30.7 Å². The van der Waals surface area contributed by atoms with Crippen LogP contribution in [0.3, 0.4) is 0 Å². The summed E-state index contributed by atoms with van der Waals surface area (Å²) in [6, 6.07) is 16.0. The summed E-state index contributed by atoms with van der Waals surface area (Å²) in [5.41, 5.74) is 3.90. The molecule has 28 heavy (non-hydrogen) atoms. The molecular formula is C21H26Cl2N4O. The molecule has 5 nitrogen and oxygen atoms in total. The second-order valence-corrected chi connectivity index (χ2v) is 7.01. The van der Waals surface area contributed by atoms with Crippen LogP contribution in [0.4, 0.5) is 5.69 Å². The first-order valence-corrected chi connectivity index (χ1v) is 9.23. The van der Waals surface area contributed by atoms with E-state index >= 15 is 0 Å². The van der Waals surface area contributed by atoms with Gasteiger partial charge in [-0.2, -0.15) is 0 Å². The third-order valence-electron chi connectivity index (χ3n) is 5.13. The number of amides is 1. The molecule has 1 fully saturated rings. The Kier molecular flexibility index (Phi) is 7.87. The fourth-order valence-corrected chi connectivity index (χ4v) is 3.66. The average molecular weight is 421 g/mol. The summed E-state index contributed by atoms with van der Waals surface area (Å²) in [5.74, 6) is 1.62. The molecule has 2 N–H and O–H groups in total. The maximum Gasteiger partial charge on any atom is 0.224 e. The zero-order valence-corrected chi connectivity index (χ0v) is 17.5. The van der Waals surface area contributed by atoms with Crippen LogP contribution in [0.2, 0.25) is 0 Å². The van der Waals surface area contributed by atoms with Crippen molar-refractivity contribution in [2.75, 3.05) is 18.4 Å². The van der Waals surface area contributed by atoms with E-state index in [2.05, 4.69) is 21.3 Å². The van der Waals surface area contributed by atoms with E-state index < -0.39 is 0 Å². The Balaban J connectivity index is 0.00000140. The molecule has 4 rings (SSSR count). The van der Waals surface area contributed by atoms with Gasteiger partial charge in [-0.25, -0.2) is 4.98 Å². The van der Waals surface area contributed by atoms with E-state index in [0.29, 0.717) is 12.3 Å². The van der Waals surface area contributed by atoms with Gasteiger partial charge in [-0.05, 0) is 56.1 Å². The summed E-state index contributed by atoms with van der Waals surface area (Å²) < 4.78 is 2.09. The first-order chi connectivity index (χ1) is 12.7. The van der Waals surface area contributed by atoms with E-state index in [0.717, 1.165) is 47.6 Å². The van der Waals surface area contributed by atoms with Crippen LogP contribution >= 0.6 is 24.8 Å². The number of halogens is 2. The summed E-state index contributed by atoms with van der Waals surface area (Å²) in [6.07, 6.45) is 2.70. The first kappa shape index (κ1) is 22.2. The van der Waals surface area contributed by atoms with Gasteiger partial charge >= 0.3 is 0 Å². The topological polar surface area (TPSA) is 59.0 Å². The lowest BCUT2D eigenvalue weighted by atomic mass is 10.0. The van der Waals surface area contributed by atoms with Crippen molar-refractivity contribution < 1.29 is 4.79 Å². The monoisotopic (exact) mass is 420 g/mol. The lowest BCUT2D eigenvalue weighted by Crippen LogP contribution is -2.15. The highest BCUT2D eigenvalue weighted by atomic mass is 35.5. The van der Waals surface area contributed by atoms with Crippen molar-refractivity contribution in [2.24, 2.45) is 13.0 Å². The van der Waals surface area contributed by atoms with Gasteiger partial charge in [-0.15, -0.1) is 24.8 Å². The number of rotatable bonds is 5. The van der Waals surface area contributed by atoms with E-state index in [4.69, 9.17) is 4.98 Å². The molecule has 0 aliphatic carbocycles. The standard InChI is InChI=1S/C21H24N4O.2ClH/c1-25-19-8-3-2-7-18(19)24-21(25)16-5-4-6-17(13-16)23-20(26)10-9-15-11-12-22-14-15;;/h2-8,13,15,22H,9-12,14H2,1H3,(H,23,26);2*1H.